The Kier molecular flexibility index (Phi) is 2.15. The highest BCUT2D eigenvalue weighted by molar-refractivity contribution is 5.83. The molecule has 1 heterocycles. The lowest BCUT2D eigenvalue weighted by atomic mass is 10.2. The van der Waals surface area contributed by atoms with Gasteiger partial charge < -0.3 is 9.52 Å². The van der Waals surface area contributed by atoms with E-state index < -0.39 is 39.6 Å². The van der Waals surface area contributed by atoms with Gasteiger partial charge in [-0.25, -0.2) is 4.39 Å². The molecule has 0 atom stereocenters. The van der Waals surface area contributed by atoms with Crippen molar-refractivity contribution in [3.63, 3.8) is 0 Å². The smallest absolute Gasteiger partial charge is 0.205 e. The molecule has 84 valence electrons. The lowest BCUT2D eigenvalue weighted by Crippen LogP contribution is -2.05. The number of phenolic OH excluding ortho intramolecular Hbond substituents is 1. The minimum Gasteiger partial charge on any atom is -0.504 e. The highest BCUT2D eigenvalue weighted by Gasteiger charge is 2.23. The van der Waals surface area contributed by atoms with E-state index in [9.17, 15) is 23.1 Å². The van der Waals surface area contributed by atoms with Crippen LogP contribution in [0.25, 0.3) is 11.0 Å². The second-order valence-electron chi connectivity index (χ2n) is 3.22. The Morgan fingerprint density at radius 3 is 2.44 bits per heavy atom. The molecule has 2 aromatic rings. The van der Waals surface area contributed by atoms with Gasteiger partial charge in [0.2, 0.25) is 17.5 Å². The van der Waals surface area contributed by atoms with E-state index in [4.69, 9.17) is 4.42 Å². The van der Waals surface area contributed by atoms with Crippen molar-refractivity contribution in [2.45, 2.75) is 6.92 Å². The summed E-state index contributed by atoms with van der Waals surface area (Å²) in [6.45, 7) is 1.35. The summed E-state index contributed by atoms with van der Waals surface area (Å²) in [5, 5.41) is 8.49. The molecule has 1 aromatic heterocycles. The molecule has 6 heteroatoms. The molecule has 1 aromatic carbocycles. The van der Waals surface area contributed by atoms with Crippen LogP contribution in [-0.2, 0) is 0 Å². The van der Waals surface area contributed by atoms with Gasteiger partial charge in [0.1, 0.15) is 11.1 Å². The molecule has 3 nitrogen and oxygen atoms in total. The molecule has 0 radical (unpaired) electrons. The van der Waals surface area contributed by atoms with E-state index in [-0.39, 0.29) is 5.76 Å². The lowest BCUT2D eigenvalue weighted by molar-refractivity contribution is 0.387. The van der Waals surface area contributed by atoms with Crippen molar-refractivity contribution < 1.29 is 22.7 Å². The largest absolute Gasteiger partial charge is 0.504 e. The fourth-order valence-electron chi connectivity index (χ4n) is 1.40. The minimum absolute atomic E-state index is 0.0295. The van der Waals surface area contributed by atoms with Crippen molar-refractivity contribution in [1.29, 1.82) is 0 Å². The quantitative estimate of drug-likeness (QED) is 0.706. The maximum absolute atomic E-state index is 13.2. The zero-order valence-electron chi connectivity index (χ0n) is 7.97. The van der Waals surface area contributed by atoms with Crippen molar-refractivity contribution in [3.05, 3.63) is 39.5 Å². The van der Waals surface area contributed by atoms with Gasteiger partial charge in [-0.15, -0.1) is 0 Å². The van der Waals surface area contributed by atoms with Crippen LogP contribution in [0.5, 0.6) is 5.75 Å². The van der Waals surface area contributed by atoms with E-state index >= 15 is 0 Å². The fraction of sp³-hybridized carbons (Fsp3) is 0.100. The standard InChI is InChI=1S/C10H5F3O3/c1-3-2-4(14)5-9(15)7(12)6(11)8(13)10(5)16-3/h2,15H,1H3. The number of aromatic hydroxyl groups is 1. The van der Waals surface area contributed by atoms with Crippen LogP contribution in [0, 0.1) is 24.4 Å². The Balaban J connectivity index is 3.15. The average molecular weight is 230 g/mol. The molecule has 0 bridgehead atoms. The van der Waals surface area contributed by atoms with Crippen molar-refractivity contribution >= 4 is 11.0 Å². The second-order valence-corrected chi connectivity index (χ2v) is 3.22. The number of halogens is 3. The molecule has 0 spiro atoms. The summed E-state index contributed by atoms with van der Waals surface area (Å²) >= 11 is 0. The van der Waals surface area contributed by atoms with Gasteiger partial charge in [0.15, 0.2) is 16.8 Å². The average Bonchev–Trinajstić information content (AvgIpc) is 2.22. The summed E-state index contributed by atoms with van der Waals surface area (Å²) < 4.78 is 43.9. The van der Waals surface area contributed by atoms with Gasteiger partial charge in [-0.1, -0.05) is 0 Å². The van der Waals surface area contributed by atoms with E-state index in [0.717, 1.165) is 6.07 Å². The summed E-state index contributed by atoms with van der Waals surface area (Å²) in [6, 6.07) is 0.943. The third-order valence-corrected chi connectivity index (χ3v) is 2.10. The SMILES string of the molecule is Cc1cc(=O)c2c(O)c(F)c(F)c(F)c2o1. The fourth-order valence-corrected chi connectivity index (χ4v) is 1.40. The van der Waals surface area contributed by atoms with Gasteiger partial charge >= 0.3 is 0 Å². The van der Waals surface area contributed by atoms with Gasteiger partial charge in [0.05, 0.1) is 0 Å². The van der Waals surface area contributed by atoms with E-state index in [1.165, 1.54) is 6.92 Å². The van der Waals surface area contributed by atoms with Crippen LogP contribution >= 0.6 is 0 Å². The number of hydrogen-bond donors (Lipinski definition) is 1. The first-order valence-electron chi connectivity index (χ1n) is 4.23. The number of benzene rings is 1. The molecule has 0 fully saturated rings. The molecule has 1 N–H and O–H groups in total. The van der Waals surface area contributed by atoms with Gasteiger partial charge in [-0.05, 0) is 6.92 Å². The Bertz CT molecular complexity index is 646. The van der Waals surface area contributed by atoms with Crippen LogP contribution in [0.3, 0.4) is 0 Å². The maximum Gasteiger partial charge on any atom is 0.205 e. The number of hydrogen-bond acceptors (Lipinski definition) is 3. The highest BCUT2D eigenvalue weighted by atomic mass is 19.2. The zero-order valence-corrected chi connectivity index (χ0v) is 7.97. The summed E-state index contributed by atoms with van der Waals surface area (Å²) in [5.41, 5.74) is -1.63. The predicted molar refractivity (Wildman–Crippen MR) is 48.8 cm³/mol. The topological polar surface area (TPSA) is 50.4 Å². The van der Waals surface area contributed by atoms with Crippen LogP contribution in [0.15, 0.2) is 15.3 Å². The predicted octanol–water partition coefficient (Wildman–Crippen LogP) is 2.22. The molecule has 0 aliphatic heterocycles. The summed E-state index contributed by atoms with van der Waals surface area (Å²) in [7, 11) is 0. The summed E-state index contributed by atoms with van der Waals surface area (Å²) in [6.07, 6.45) is 0. The first-order valence-corrected chi connectivity index (χ1v) is 4.23. The van der Waals surface area contributed by atoms with Crippen molar-refractivity contribution in [1.82, 2.24) is 0 Å². The zero-order chi connectivity index (χ0) is 12.0. The van der Waals surface area contributed by atoms with Gasteiger partial charge in [-0.3, -0.25) is 4.79 Å². The monoisotopic (exact) mass is 230 g/mol. The first kappa shape index (κ1) is 10.5. The molecule has 0 saturated carbocycles. The number of fused-ring (bicyclic) bond motifs is 1. The highest BCUT2D eigenvalue weighted by Crippen LogP contribution is 2.30. The van der Waals surface area contributed by atoms with E-state index in [1.807, 2.05) is 0 Å². The normalized spacial score (nSPS) is 11.0. The molecule has 2 rings (SSSR count). The molecule has 16 heavy (non-hydrogen) atoms. The molecule has 0 aliphatic carbocycles. The molecule has 0 aliphatic rings. The first-order chi connectivity index (χ1) is 7.43. The lowest BCUT2D eigenvalue weighted by Gasteiger charge is -2.04. The third kappa shape index (κ3) is 1.26. The molecule has 0 unspecified atom stereocenters. The molecular weight excluding hydrogens is 225 g/mol. The van der Waals surface area contributed by atoms with Crippen LogP contribution in [0.2, 0.25) is 0 Å². The van der Waals surface area contributed by atoms with Gasteiger partial charge in [0, 0.05) is 6.07 Å². The summed E-state index contributed by atoms with van der Waals surface area (Å²) in [5.74, 6) is -6.53. The van der Waals surface area contributed by atoms with Gasteiger partial charge in [-0.2, -0.15) is 8.78 Å². The van der Waals surface area contributed by atoms with Crippen LogP contribution in [0.4, 0.5) is 13.2 Å². The van der Waals surface area contributed by atoms with Crippen molar-refractivity contribution in [3.8, 4) is 5.75 Å². The summed E-state index contributed by atoms with van der Waals surface area (Å²) in [4.78, 5) is 11.4. The molecular formula is C10H5F3O3. The van der Waals surface area contributed by atoms with Crippen LogP contribution in [-0.4, -0.2) is 5.11 Å². The van der Waals surface area contributed by atoms with Crippen LogP contribution in [0.1, 0.15) is 5.76 Å². The Morgan fingerprint density at radius 1 is 1.19 bits per heavy atom. The Morgan fingerprint density at radius 2 is 1.81 bits per heavy atom. The van der Waals surface area contributed by atoms with E-state index in [1.54, 1.807) is 0 Å². The molecule has 0 amide bonds. The second kappa shape index (κ2) is 3.26. The maximum atomic E-state index is 13.2. The Hall–Kier alpha value is -1.98. The van der Waals surface area contributed by atoms with E-state index in [0.29, 0.717) is 0 Å². The third-order valence-electron chi connectivity index (χ3n) is 2.10. The number of rotatable bonds is 0. The van der Waals surface area contributed by atoms with Crippen molar-refractivity contribution in [2.24, 2.45) is 0 Å². The molecule has 0 saturated heterocycles. The number of aryl methyl sites for hydroxylation is 1. The van der Waals surface area contributed by atoms with Crippen LogP contribution < -0.4 is 5.43 Å². The minimum atomic E-state index is -1.88. The van der Waals surface area contributed by atoms with Gasteiger partial charge in [0.25, 0.3) is 0 Å². The van der Waals surface area contributed by atoms with Crippen molar-refractivity contribution in [2.75, 3.05) is 0 Å². The Labute approximate surface area is 86.7 Å². The van der Waals surface area contributed by atoms with E-state index in [2.05, 4.69) is 0 Å². The number of phenols is 1.